The van der Waals surface area contributed by atoms with E-state index in [1.54, 1.807) is 25.3 Å². The van der Waals surface area contributed by atoms with Gasteiger partial charge in [-0.05, 0) is 12.1 Å². The highest BCUT2D eigenvalue weighted by Gasteiger charge is 2.07. The van der Waals surface area contributed by atoms with Gasteiger partial charge >= 0.3 is 0 Å². The van der Waals surface area contributed by atoms with Gasteiger partial charge in [0.25, 0.3) is 0 Å². The van der Waals surface area contributed by atoms with Crippen LogP contribution in [-0.4, -0.2) is 32.2 Å². The molecule has 0 saturated carbocycles. The molecule has 16 heavy (non-hydrogen) atoms. The van der Waals surface area contributed by atoms with E-state index in [9.17, 15) is 8.42 Å². The summed E-state index contributed by atoms with van der Waals surface area (Å²) in [6, 6.07) is 3.49. The number of sulfonamides is 1. The lowest BCUT2D eigenvalue weighted by Gasteiger charge is -2.08. The van der Waals surface area contributed by atoms with Crippen molar-refractivity contribution >= 4 is 21.5 Å². The van der Waals surface area contributed by atoms with Gasteiger partial charge < -0.3 is 11.1 Å². The summed E-state index contributed by atoms with van der Waals surface area (Å²) in [4.78, 5) is 3.88. The average molecular weight is 244 g/mol. The molecule has 1 aromatic rings. The van der Waals surface area contributed by atoms with E-state index < -0.39 is 10.0 Å². The van der Waals surface area contributed by atoms with E-state index >= 15 is 0 Å². The molecule has 0 amide bonds. The maximum absolute atomic E-state index is 11.3. The Hall–Kier alpha value is -1.34. The molecule has 0 unspecified atom stereocenters. The number of hydrogen-bond donors (Lipinski definition) is 3. The average Bonchev–Trinajstić information content (AvgIpc) is 2.20. The minimum Gasteiger partial charge on any atom is -0.382 e. The van der Waals surface area contributed by atoms with Crippen molar-refractivity contribution in [1.29, 1.82) is 0 Å². The van der Waals surface area contributed by atoms with E-state index in [0.717, 1.165) is 0 Å². The fraction of sp³-hybridized carbons (Fsp3) is 0.444. The Kier molecular flexibility index (Phi) is 4.51. The van der Waals surface area contributed by atoms with Crippen molar-refractivity contribution in [3.8, 4) is 0 Å². The van der Waals surface area contributed by atoms with Crippen LogP contribution in [0, 0.1) is 0 Å². The number of nitrogens with zero attached hydrogens (tertiary/aromatic N) is 1. The molecule has 4 N–H and O–H groups in total. The molecule has 0 atom stereocenters. The highest BCUT2D eigenvalue weighted by Crippen LogP contribution is 2.12. The van der Waals surface area contributed by atoms with Crippen LogP contribution in [0.3, 0.4) is 0 Å². The Morgan fingerprint density at radius 2 is 2.25 bits per heavy atom. The van der Waals surface area contributed by atoms with Gasteiger partial charge in [0.05, 0.1) is 11.4 Å². The largest absolute Gasteiger partial charge is 0.382 e. The van der Waals surface area contributed by atoms with Crippen LogP contribution in [0.15, 0.2) is 18.3 Å². The SMILES string of the molecule is CCNS(=O)(=O)CCNc1cccnc1N. The summed E-state index contributed by atoms with van der Waals surface area (Å²) in [5, 5.41) is 2.92. The Balaban J connectivity index is 2.45. The monoisotopic (exact) mass is 244 g/mol. The summed E-state index contributed by atoms with van der Waals surface area (Å²) in [5.41, 5.74) is 6.24. The molecule has 90 valence electrons. The van der Waals surface area contributed by atoms with Crippen LogP contribution in [0.1, 0.15) is 6.92 Å². The van der Waals surface area contributed by atoms with E-state index in [2.05, 4.69) is 15.0 Å². The molecule has 0 bridgehead atoms. The number of rotatable bonds is 6. The summed E-state index contributed by atoms with van der Waals surface area (Å²) in [5.74, 6) is 0.373. The van der Waals surface area contributed by atoms with Gasteiger partial charge in [-0.25, -0.2) is 18.1 Å². The van der Waals surface area contributed by atoms with Crippen molar-refractivity contribution in [1.82, 2.24) is 9.71 Å². The van der Waals surface area contributed by atoms with E-state index in [1.165, 1.54) is 0 Å². The number of aromatic nitrogens is 1. The second-order valence-corrected chi connectivity index (χ2v) is 5.11. The van der Waals surface area contributed by atoms with Gasteiger partial charge in [0.15, 0.2) is 0 Å². The van der Waals surface area contributed by atoms with E-state index in [0.29, 0.717) is 24.6 Å². The molecule has 0 spiro atoms. The molecule has 7 heteroatoms. The summed E-state index contributed by atoms with van der Waals surface area (Å²) in [7, 11) is -3.19. The zero-order valence-electron chi connectivity index (χ0n) is 9.10. The molecular formula is C9H16N4O2S. The van der Waals surface area contributed by atoms with Crippen LogP contribution >= 0.6 is 0 Å². The fourth-order valence-electron chi connectivity index (χ4n) is 1.18. The summed E-state index contributed by atoms with van der Waals surface area (Å²) >= 11 is 0. The van der Waals surface area contributed by atoms with E-state index in [4.69, 9.17) is 5.73 Å². The molecule has 0 radical (unpaired) electrons. The number of nitrogen functional groups attached to an aromatic ring is 1. The van der Waals surface area contributed by atoms with Crippen LogP contribution < -0.4 is 15.8 Å². The van der Waals surface area contributed by atoms with Gasteiger partial charge in [0.2, 0.25) is 10.0 Å². The predicted octanol–water partition coefficient (Wildman–Crippen LogP) is 0.0150. The Morgan fingerprint density at radius 3 is 2.88 bits per heavy atom. The highest BCUT2D eigenvalue weighted by atomic mass is 32.2. The molecule has 0 aromatic carbocycles. The first-order chi connectivity index (χ1) is 7.55. The molecule has 0 aliphatic carbocycles. The minimum atomic E-state index is -3.19. The van der Waals surface area contributed by atoms with E-state index in [1.807, 2.05) is 0 Å². The third kappa shape index (κ3) is 4.03. The Morgan fingerprint density at radius 1 is 1.50 bits per heavy atom. The van der Waals surface area contributed by atoms with Crippen molar-refractivity contribution < 1.29 is 8.42 Å². The first-order valence-corrected chi connectivity index (χ1v) is 6.62. The Bertz CT molecular complexity index is 433. The number of nitrogens with two attached hydrogens (primary N) is 1. The second-order valence-electron chi connectivity index (χ2n) is 3.18. The third-order valence-electron chi connectivity index (χ3n) is 1.89. The van der Waals surface area contributed by atoms with Gasteiger partial charge in [-0.2, -0.15) is 0 Å². The molecule has 1 rings (SSSR count). The summed E-state index contributed by atoms with van der Waals surface area (Å²) < 4.78 is 25.0. The second kappa shape index (κ2) is 5.66. The van der Waals surface area contributed by atoms with Gasteiger partial charge in [-0.3, -0.25) is 0 Å². The standard InChI is InChI=1S/C9H16N4O2S/c1-2-13-16(14,15)7-6-11-8-4-3-5-12-9(8)10/h3-5,11,13H,2,6-7H2,1H3,(H2,10,12). The molecule has 0 saturated heterocycles. The first kappa shape index (κ1) is 12.7. The van der Waals surface area contributed by atoms with E-state index in [-0.39, 0.29) is 5.75 Å². The third-order valence-corrected chi connectivity index (χ3v) is 3.36. The molecular weight excluding hydrogens is 228 g/mol. The summed E-state index contributed by atoms with van der Waals surface area (Å²) in [6.45, 7) is 2.44. The van der Waals surface area contributed by atoms with Crippen molar-refractivity contribution in [3.63, 3.8) is 0 Å². The lowest BCUT2D eigenvalue weighted by molar-refractivity contribution is 0.584. The smallest absolute Gasteiger partial charge is 0.213 e. The van der Waals surface area contributed by atoms with Crippen LogP contribution in [0.5, 0.6) is 0 Å². The zero-order chi connectivity index (χ0) is 12.0. The predicted molar refractivity (Wildman–Crippen MR) is 64.6 cm³/mol. The molecule has 0 aliphatic heterocycles. The van der Waals surface area contributed by atoms with Crippen molar-refractivity contribution in [2.24, 2.45) is 0 Å². The molecule has 0 aliphatic rings. The van der Waals surface area contributed by atoms with Crippen LogP contribution in [0.25, 0.3) is 0 Å². The maximum atomic E-state index is 11.3. The lowest BCUT2D eigenvalue weighted by atomic mass is 10.4. The van der Waals surface area contributed by atoms with Crippen molar-refractivity contribution in [3.05, 3.63) is 18.3 Å². The van der Waals surface area contributed by atoms with Crippen LogP contribution in [-0.2, 0) is 10.0 Å². The molecule has 6 nitrogen and oxygen atoms in total. The minimum absolute atomic E-state index is 0.00910. The number of hydrogen-bond acceptors (Lipinski definition) is 5. The molecule has 1 heterocycles. The highest BCUT2D eigenvalue weighted by molar-refractivity contribution is 7.89. The topological polar surface area (TPSA) is 97.1 Å². The molecule has 0 fully saturated rings. The Labute approximate surface area is 95.3 Å². The lowest BCUT2D eigenvalue weighted by Crippen LogP contribution is -2.29. The van der Waals surface area contributed by atoms with Crippen LogP contribution in [0.4, 0.5) is 11.5 Å². The fourth-order valence-corrected chi connectivity index (χ4v) is 2.13. The van der Waals surface area contributed by atoms with Gasteiger partial charge in [-0.1, -0.05) is 6.92 Å². The molecule has 1 aromatic heterocycles. The zero-order valence-corrected chi connectivity index (χ0v) is 9.92. The van der Waals surface area contributed by atoms with Gasteiger partial charge in [-0.15, -0.1) is 0 Å². The van der Waals surface area contributed by atoms with Gasteiger partial charge in [0.1, 0.15) is 5.82 Å². The number of anilines is 2. The summed E-state index contributed by atoms with van der Waals surface area (Å²) in [6.07, 6.45) is 1.58. The number of nitrogens with one attached hydrogen (secondary N) is 2. The van der Waals surface area contributed by atoms with Gasteiger partial charge in [0, 0.05) is 19.3 Å². The van der Waals surface area contributed by atoms with Crippen LogP contribution in [0.2, 0.25) is 0 Å². The normalized spacial score (nSPS) is 11.3. The van der Waals surface area contributed by atoms with Crippen molar-refractivity contribution in [2.75, 3.05) is 29.9 Å². The quantitative estimate of drug-likeness (QED) is 0.655. The maximum Gasteiger partial charge on any atom is 0.213 e. The number of pyridine rings is 1. The van der Waals surface area contributed by atoms with Crippen molar-refractivity contribution in [2.45, 2.75) is 6.92 Å². The first-order valence-electron chi connectivity index (χ1n) is 4.97.